The summed E-state index contributed by atoms with van der Waals surface area (Å²) in [6.07, 6.45) is 6.91. The molecule has 0 spiro atoms. The summed E-state index contributed by atoms with van der Waals surface area (Å²) in [5.74, 6) is 1.51. The monoisotopic (exact) mass is 368 g/mol. The minimum absolute atomic E-state index is 0.302. The largest absolute Gasteiger partial charge is 0.388 e. The summed E-state index contributed by atoms with van der Waals surface area (Å²) in [5.41, 5.74) is 1.77. The molecule has 7 nitrogen and oxygen atoms in total. The number of hydrogen-bond acceptors (Lipinski definition) is 8. The third kappa shape index (κ3) is 3.86. The van der Waals surface area contributed by atoms with Crippen molar-refractivity contribution in [2.45, 2.75) is 23.7 Å². The van der Waals surface area contributed by atoms with Crippen molar-refractivity contribution in [3.63, 3.8) is 0 Å². The van der Waals surface area contributed by atoms with Gasteiger partial charge >= 0.3 is 0 Å². The Morgan fingerprint density at radius 1 is 1.15 bits per heavy atom. The Bertz CT molecular complexity index is 830. The van der Waals surface area contributed by atoms with Gasteiger partial charge in [-0.2, -0.15) is 4.98 Å². The molecule has 0 unspecified atom stereocenters. The highest BCUT2D eigenvalue weighted by atomic mass is 32.2. The second-order valence-corrected chi connectivity index (χ2v) is 7.29. The Labute approximate surface area is 156 Å². The molecule has 0 aliphatic carbocycles. The van der Waals surface area contributed by atoms with Gasteiger partial charge in [0.2, 0.25) is 11.7 Å². The average Bonchev–Trinajstić information content (AvgIpc) is 3.20. The van der Waals surface area contributed by atoms with Gasteiger partial charge in [-0.1, -0.05) is 5.16 Å². The molecule has 0 atom stereocenters. The van der Waals surface area contributed by atoms with Crippen LogP contribution in [0.15, 0.2) is 52.3 Å². The molecule has 4 rings (SSSR count). The number of anilines is 1. The van der Waals surface area contributed by atoms with Crippen molar-refractivity contribution < 1.29 is 4.52 Å². The molecule has 3 heterocycles. The Hall–Kier alpha value is -2.45. The first-order chi connectivity index (χ1) is 12.8. The van der Waals surface area contributed by atoms with Gasteiger partial charge in [0.25, 0.3) is 0 Å². The molecule has 8 heteroatoms. The summed E-state index contributed by atoms with van der Waals surface area (Å²) >= 11 is 1.80. The molecule has 1 N–H and O–H groups in total. The minimum Gasteiger partial charge on any atom is -0.388 e. The first kappa shape index (κ1) is 17.0. The first-order valence-corrected chi connectivity index (χ1v) is 9.40. The van der Waals surface area contributed by atoms with Crippen molar-refractivity contribution in [3.05, 3.63) is 48.7 Å². The van der Waals surface area contributed by atoms with Crippen LogP contribution in [0.4, 0.5) is 5.69 Å². The van der Waals surface area contributed by atoms with Crippen molar-refractivity contribution in [1.29, 1.82) is 0 Å². The number of rotatable bonds is 5. The molecule has 1 saturated heterocycles. The molecule has 134 valence electrons. The van der Waals surface area contributed by atoms with E-state index in [9.17, 15) is 0 Å². The predicted molar refractivity (Wildman–Crippen MR) is 101 cm³/mol. The van der Waals surface area contributed by atoms with Crippen molar-refractivity contribution in [2.24, 2.45) is 0 Å². The Balaban J connectivity index is 1.34. The summed E-state index contributed by atoms with van der Waals surface area (Å²) in [6.45, 7) is 1.98. The highest BCUT2D eigenvalue weighted by Crippen LogP contribution is 2.33. The van der Waals surface area contributed by atoms with Crippen molar-refractivity contribution >= 4 is 17.6 Å². The van der Waals surface area contributed by atoms with Gasteiger partial charge in [-0.15, -0.1) is 0 Å². The van der Waals surface area contributed by atoms with E-state index in [0.29, 0.717) is 23.3 Å². The topological polar surface area (TPSA) is 80.0 Å². The smallest absolute Gasteiger partial charge is 0.230 e. The van der Waals surface area contributed by atoms with Crippen LogP contribution in [-0.4, -0.2) is 44.6 Å². The summed E-state index contributed by atoms with van der Waals surface area (Å²) < 4.78 is 7.87. The van der Waals surface area contributed by atoms with Crippen molar-refractivity contribution in [1.82, 2.24) is 24.4 Å². The van der Waals surface area contributed by atoms with E-state index in [1.807, 2.05) is 7.05 Å². The fourth-order valence-electron chi connectivity index (χ4n) is 2.95. The molecular formula is C18H20N6OS. The maximum atomic E-state index is 5.48. The zero-order chi connectivity index (χ0) is 17.8. The average molecular weight is 368 g/mol. The fourth-order valence-corrected chi connectivity index (χ4v) is 3.89. The van der Waals surface area contributed by atoms with Gasteiger partial charge in [-0.3, -0.25) is 4.98 Å². The number of hydrogen-bond donors (Lipinski definition) is 1. The van der Waals surface area contributed by atoms with Crippen LogP contribution in [0.3, 0.4) is 0 Å². The Morgan fingerprint density at radius 2 is 1.96 bits per heavy atom. The molecule has 3 aromatic rings. The maximum Gasteiger partial charge on any atom is 0.230 e. The van der Waals surface area contributed by atoms with E-state index in [2.05, 4.69) is 54.0 Å². The highest BCUT2D eigenvalue weighted by Gasteiger charge is 2.26. The van der Waals surface area contributed by atoms with Gasteiger partial charge in [0.1, 0.15) is 5.69 Å². The zero-order valence-electron chi connectivity index (χ0n) is 14.5. The third-order valence-electron chi connectivity index (χ3n) is 4.41. The van der Waals surface area contributed by atoms with E-state index in [1.165, 1.54) is 4.90 Å². The molecule has 0 saturated carbocycles. The van der Waals surface area contributed by atoms with Crippen LogP contribution in [-0.2, 0) is 0 Å². The van der Waals surface area contributed by atoms with Gasteiger partial charge in [0, 0.05) is 49.0 Å². The van der Waals surface area contributed by atoms with E-state index < -0.39 is 0 Å². The molecule has 0 bridgehead atoms. The molecule has 0 radical (unpaired) electrons. The van der Waals surface area contributed by atoms with Crippen LogP contribution < -0.4 is 5.32 Å². The Kier molecular flexibility index (Phi) is 5.12. The van der Waals surface area contributed by atoms with E-state index in [0.717, 1.165) is 31.6 Å². The quantitative estimate of drug-likeness (QED) is 0.686. The standard InChI is InChI=1S/C18H20N6OS/c1-19-14-2-4-15(5-3-14)26-24-10-6-13(7-11-24)18-22-17(23-25-18)16-12-20-8-9-21-16/h2-5,8-9,12-13,19H,6-7,10-11H2,1H3. The molecule has 1 aliphatic heterocycles. The summed E-state index contributed by atoms with van der Waals surface area (Å²) in [6, 6.07) is 8.49. The lowest BCUT2D eigenvalue weighted by atomic mass is 9.98. The molecule has 1 fully saturated rings. The molecule has 2 aromatic heterocycles. The lowest BCUT2D eigenvalue weighted by Gasteiger charge is -2.29. The van der Waals surface area contributed by atoms with Crippen LogP contribution in [0, 0.1) is 0 Å². The van der Waals surface area contributed by atoms with E-state index >= 15 is 0 Å². The first-order valence-electron chi connectivity index (χ1n) is 8.62. The minimum atomic E-state index is 0.302. The van der Waals surface area contributed by atoms with Crippen LogP contribution in [0.5, 0.6) is 0 Å². The number of nitrogens with one attached hydrogen (secondary N) is 1. The molecular weight excluding hydrogens is 348 g/mol. The second-order valence-electron chi connectivity index (χ2n) is 6.12. The number of piperidine rings is 1. The van der Waals surface area contributed by atoms with E-state index in [4.69, 9.17) is 4.52 Å². The van der Waals surface area contributed by atoms with Crippen LogP contribution in [0.2, 0.25) is 0 Å². The third-order valence-corrected chi connectivity index (χ3v) is 5.52. The summed E-state index contributed by atoms with van der Waals surface area (Å²) in [4.78, 5) is 14.0. The van der Waals surface area contributed by atoms with Crippen molar-refractivity contribution in [3.8, 4) is 11.5 Å². The SMILES string of the molecule is CNc1ccc(SN2CCC(c3nc(-c4cnccn4)no3)CC2)cc1. The molecule has 1 aromatic carbocycles. The maximum absolute atomic E-state index is 5.48. The number of benzene rings is 1. The fraction of sp³-hybridized carbons (Fsp3) is 0.333. The van der Waals surface area contributed by atoms with Gasteiger partial charge in [-0.25, -0.2) is 9.29 Å². The summed E-state index contributed by atoms with van der Waals surface area (Å²) in [7, 11) is 1.93. The van der Waals surface area contributed by atoms with E-state index in [1.54, 1.807) is 30.5 Å². The van der Waals surface area contributed by atoms with E-state index in [-0.39, 0.29) is 0 Å². The molecule has 26 heavy (non-hydrogen) atoms. The Morgan fingerprint density at radius 3 is 2.65 bits per heavy atom. The normalized spacial score (nSPS) is 15.9. The van der Waals surface area contributed by atoms with Gasteiger partial charge < -0.3 is 9.84 Å². The van der Waals surface area contributed by atoms with Crippen LogP contribution in [0.1, 0.15) is 24.7 Å². The molecule has 0 amide bonds. The van der Waals surface area contributed by atoms with Gasteiger partial charge in [-0.05, 0) is 49.1 Å². The highest BCUT2D eigenvalue weighted by molar-refractivity contribution is 7.97. The van der Waals surface area contributed by atoms with Crippen LogP contribution >= 0.6 is 11.9 Å². The predicted octanol–water partition coefficient (Wildman–Crippen LogP) is 3.46. The number of nitrogens with zero attached hydrogens (tertiary/aromatic N) is 5. The molecule has 1 aliphatic rings. The van der Waals surface area contributed by atoms with Gasteiger partial charge in [0.05, 0.1) is 6.20 Å². The van der Waals surface area contributed by atoms with Crippen molar-refractivity contribution in [2.75, 3.05) is 25.5 Å². The summed E-state index contributed by atoms with van der Waals surface area (Å²) in [5, 5.41) is 7.19. The lowest BCUT2D eigenvalue weighted by molar-refractivity contribution is 0.282. The van der Waals surface area contributed by atoms with Crippen LogP contribution in [0.25, 0.3) is 11.5 Å². The number of aromatic nitrogens is 4. The van der Waals surface area contributed by atoms with Gasteiger partial charge in [0.15, 0.2) is 0 Å². The second kappa shape index (κ2) is 7.84. The lowest BCUT2D eigenvalue weighted by Crippen LogP contribution is -2.27. The zero-order valence-corrected chi connectivity index (χ0v) is 15.3.